The third kappa shape index (κ3) is 7.48. The second-order valence-electron chi connectivity index (χ2n) is 7.48. The van der Waals surface area contributed by atoms with Crippen LogP contribution in [0.5, 0.6) is 5.75 Å². The molecule has 0 unspecified atom stereocenters. The van der Waals surface area contributed by atoms with Gasteiger partial charge in [-0.2, -0.15) is 5.10 Å². The van der Waals surface area contributed by atoms with Gasteiger partial charge in [0.2, 0.25) is 10.0 Å². The van der Waals surface area contributed by atoms with Crippen LogP contribution in [0.4, 0.5) is 5.69 Å². The van der Waals surface area contributed by atoms with Gasteiger partial charge in [-0.15, -0.1) is 0 Å². The van der Waals surface area contributed by atoms with E-state index in [9.17, 15) is 13.2 Å². The van der Waals surface area contributed by atoms with Gasteiger partial charge in [0.15, 0.2) is 0 Å². The van der Waals surface area contributed by atoms with E-state index in [1.165, 1.54) is 6.21 Å². The van der Waals surface area contributed by atoms with Crippen LogP contribution in [0, 0.1) is 6.92 Å². The van der Waals surface area contributed by atoms with Gasteiger partial charge in [-0.25, -0.2) is 13.8 Å². The van der Waals surface area contributed by atoms with Crippen LogP contribution in [0.15, 0.2) is 71.8 Å². The number of hydrazone groups is 1. The van der Waals surface area contributed by atoms with Crippen LogP contribution in [0.25, 0.3) is 0 Å². The molecule has 0 aromatic heterocycles. The molecular formula is C24H23Cl2N3O4S. The van der Waals surface area contributed by atoms with E-state index in [-0.39, 0.29) is 0 Å². The first-order valence-corrected chi connectivity index (χ1v) is 12.8. The van der Waals surface area contributed by atoms with Gasteiger partial charge in [0, 0.05) is 10.0 Å². The lowest BCUT2D eigenvalue weighted by atomic mass is 10.2. The molecule has 3 aromatic rings. The molecule has 1 amide bonds. The molecule has 0 heterocycles. The van der Waals surface area contributed by atoms with Crippen molar-refractivity contribution in [1.82, 2.24) is 5.43 Å². The Morgan fingerprint density at radius 1 is 1.03 bits per heavy atom. The Labute approximate surface area is 209 Å². The molecule has 0 saturated heterocycles. The minimum Gasteiger partial charge on any atom is -0.489 e. The average molecular weight is 520 g/mol. The van der Waals surface area contributed by atoms with E-state index in [0.29, 0.717) is 33.7 Å². The minimum atomic E-state index is -3.70. The largest absolute Gasteiger partial charge is 0.489 e. The quantitative estimate of drug-likeness (QED) is 0.325. The molecule has 0 aliphatic rings. The van der Waals surface area contributed by atoms with Crippen LogP contribution in [0.1, 0.15) is 16.7 Å². The molecule has 0 radical (unpaired) electrons. The van der Waals surface area contributed by atoms with Gasteiger partial charge in [-0.3, -0.25) is 9.10 Å². The Balaban J connectivity index is 1.56. The second kappa shape index (κ2) is 11.4. The zero-order valence-corrected chi connectivity index (χ0v) is 20.9. The third-order valence-corrected chi connectivity index (χ3v) is 6.33. The standard InChI is InChI=1S/C24H23Cl2N3O4S/c1-17-13-21(26)9-12-23(17)29(34(2,31)32)15-24(30)28-27-14-18-5-10-22(11-6-18)33-16-19-3-7-20(25)8-4-19/h3-14H,15-16H2,1-2H3,(H,28,30)/b27-14-. The number of carbonyl (C=O) groups excluding carboxylic acids is 1. The van der Waals surface area contributed by atoms with Crippen molar-refractivity contribution in [3.63, 3.8) is 0 Å². The molecule has 3 aromatic carbocycles. The first-order valence-electron chi connectivity index (χ1n) is 10.1. The normalized spacial score (nSPS) is 11.4. The summed E-state index contributed by atoms with van der Waals surface area (Å²) in [7, 11) is -3.70. The van der Waals surface area contributed by atoms with Crippen LogP contribution in [0.2, 0.25) is 10.0 Å². The summed E-state index contributed by atoms with van der Waals surface area (Å²) in [5, 5.41) is 5.06. The molecule has 10 heteroatoms. The summed E-state index contributed by atoms with van der Waals surface area (Å²) < 4.78 is 31.2. The third-order valence-electron chi connectivity index (χ3n) is 4.72. The molecule has 0 fully saturated rings. The number of anilines is 1. The van der Waals surface area contributed by atoms with Crippen molar-refractivity contribution >= 4 is 51.0 Å². The lowest BCUT2D eigenvalue weighted by Gasteiger charge is -2.23. The fraction of sp³-hybridized carbons (Fsp3) is 0.167. The predicted octanol–water partition coefficient (Wildman–Crippen LogP) is 4.80. The summed E-state index contributed by atoms with van der Waals surface area (Å²) in [5.41, 5.74) is 5.09. The molecule has 0 spiro atoms. The number of aryl methyl sites for hydroxylation is 1. The summed E-state index contributed by atoms with van der Waals surface area (Å²) >= 11 is 11.8. The predicted molar refractivity (Wildman–Crippen MR) is 136 cm³/mol. The number of amides is 1. The van der Waals surface area contributed by atoms with Crippen LogP contribution in [0.3, 0.4) is 0 Å². The van der Waals surface area contributed by atoms with Crippen LogP contribution < -0.4 is 14.5 Å². The number of ether oxygens (including phenoxy) is 1. The number of hydrogen-bond donors (Lipinski definition) is 1. The van der Waals surface area contributed by atoms with Crippen LogP contribution in [-0.4, -0.2) is 33.3 Å². The van der Waals surface area contributed by atoms with E-state index >= 15 is 0 Å². The summed E-state index contributed by atoms with van der Waals surface area (Å²) in [6, 6.07) is 19.3. The maximum Gasteiger partial charge on any atom is 0.260 e. The first-order chi connectivity index (χ1) is 16.1. The number of carbonyl (C=O) groups is 1. The number of nitrogens with one attached hydrogen (secondary N) is 1. The Morgan fingerprint density at radius 3 is 2.29 bits per heavy atom. The molecule has 0 saturated carbocycles. The highest BCUT2D eigenvalue weighted by Gasteiger charge is 2.22. The Kier molecular flexibility index (Phi) is 8.55. The van der Waals surface area contributed by atoms with E-state index in [1.807, 2.05) is 12.1 Å². The number of benzene rings is 3. The average Bonchev–Trinajstić information content (AvgIpc) is 2.78. The van der Waals surface area contributed by atoms with E-state index in [1.54, 1.807) is 61.5 Å². The second-order valence-corrected chi connectivity index (χ2v) is 10.3. The Hall–Kier alpha value is -3.07. The number of rotatable bonds is 9. The summed E-state index contributed by atoms with van der Waals surface area (Å²) in [6.07, 6.45) is 2.49. The van der Waals surface area contributed by atoms with Crippen molar-refractivity contribution in [2.24, 2.45) is 5.10 Å². The Morgan fingerprint density at radius 2 is 1.68 bits per heavy atom. The van der Waals surface area contributed by atoms with Gasteiger partial charge in [-0.05, 0) is 78.2 Å². The highest BCUT2D eigenvalue weighted by atomic mass is 35.5. The minimum absolute atomic E-state index is 0.375. The van der Waals surface area contributed by atoms with E-state index in [2.05, 4.69) is 10.5 Å². The summed E-state index contributed by atoms with van der Waals surface area (Å²) in [4.78, 5) is 12.4. The fourth-order valence-corrected chi connectivity index (χ4v) is 4.29. The van der Waals surface area contributed by atoms with Gasteiger partial charge in [0.05, 0.1) is 18.2 Å². The van der Waals surface area contributed by atoms with Crippen molar-refractivity contribution < 1.29 is 17.9 Å². The van der Waals surface area contributed by atoms with Crippen LogP contribution in [-0.2, 0) is 21.4 Å². The number of sulfonamides is 1. The monoisotopic (exact) mass is 519 g/mol. The molecule has 0 aliphatic heterocycles. The van der Waals surface area contributed by atoms with Crippen molar-refractivity contribution in [2.75, 3.05) is 17.1 Å². The fourth-order valence-electron chi connectivity index (χ4n) is 3.02. The van der Waals surface area contributed by atoms with Gasteiger partial charge in [-0.1, -0.05) is 35.3 Å². The zero-order chi connectivity index (χ0) is 24.7. The molecule has 0 bridgehead atoms. The van der Waals surface area contributed by atoms with Crippen LogP contribution >= 0.6 is 23.2 Å². The summed E-state index contributed by atoms with van der Waals surface area (Å²) in [5.74, 6) is 0.0946. The smallest absolute Gasteiger partial charge is 0.260 e. The highest BCUT2D eigenvalue weighted by molar-refractivity contribution is 7.92. The molecule has 7 nitrogen and oxygen atoms in total. The van der Waals surface area contributed by atoms with Gasteiger partial charge in [0.25, 0.3) is 5.91 Å². The highest BCUT2D eigenvalue weighted by Crippen LogP contribution is 2.25. The van der Waals surface area contributed by atoms with E-state index in [4.69, 9.17) is 27.9 Å². The summed E-state index contributed by atoms with van der Waals surface area (Å²) in [6.45, 7) is 1.71. The number of nitrogens with zero attached hydrogens (tertiary/aromatic N) is 2. The first kappa shape index (κ1) is 25.6. The molecule has 0 atom stereocenters. The maximum absolute atomic E-state index is 12.4. The molecule has 0 aliphatic carbocycles. The van der Waals surface area contributed by atoms with Crippen molar-refractivity contribution in [3.8, 4) is 5.75 Å². The zero-order valence-electron chi connectivity index (χ0n) is 18.5. The van der Waals surface area contributed by atoms with Gasteiger partial charge < -0.3 is 4.74 Å². The topological polar surface area (TPSA) is 88.1 Å². The van der Waals surface area contributed by atoms with Crippen molar-refractivity contribution in [3.05, 3.63) is 93.5 Å². The van der Waals surface area contributed by atoms with Crippen molar-refractivity contribution in [2.45, 2.75) is 13.5 Å². The SMILES string of the molecule is Cc1cc(Cl)ccc1N(CC(=O)N/N=C\c1ccc(OCc2ccc(Cl)cc2)cc1)S(C)(=O)=O. The Bertz CT molecular complexity index is 1280. The molecule has 178 valence electrons. The molecule has 34 heavy (non-hydrogen) atoms. The van der Waals surface area contributed by atoms with E-state index in [0.717, 1.165) is 21.7 Å². The lowest BCUT2D eigenvalue weighted by molar-refractivity contribution is -0.119. The van der Waals surface area contributed by atoms with Crippen molar-refractivity contribution in [1.29, 1.82) is 0 Å². The van der Waals surface area contributed by atoms with E-state index < -0.39 is 22.5 Å². The lowest BCUT2D eigenvalue weighted by Crippen LogP contribution is -2.39. The van der Waals surface area contributed by atoms with Gasteiger partial charge in [0.1, 0.15) is 18.9 Å². The number of halogens is 2. The molecule has 3 rings (SSSR count). The molecule has 1 N–H and O–H groups in total. The molecular weight excluding hydrogens is 497 g/mol. The maximum atomic E-state index is 12.4. The van der Waals surface area contributed by atoms with Gasteiger partial charge >= 0.3 is 0 Å². The number of hydrogen-bond acceptors (Lipinski definition) is 5.